The summed E-state index contributed by atoms with van der Waals surface area (Å²) in [5, 5.41) is 5.46. The molecule has 4 aromatic rings. The van der Waals surface area contributed by atoms with Gasteiger partial charge in [-0.25, -0.2) is 0 Å². The lowest BCUT2D eigenvalue weighted by Gasteiger charge is -2.14. The predicted molar refractivity (Wildman–Crippen MR) is 109 cm³/mol. The number of fused-ring (bicyclic) bond motifs is 2. The summed E-state index contributed by atoms with van der Waals surface area (Å²) in [5.41, 5.74) is 3.42. The van der Waals surface area contributed by atoms with E-state index in [4.69, 9.17) is 0 Å². The smallest absolute Gasteiger partial charge is 0.240 e. The molecular formula is C21H20BrN3O. The summed E-state index contributed by atoms with van der Waals surface area (Å²) in [5.74, 6) is 0.0257. The fourth-order valence-corrected chi connectivity index (χ4v) is 3.84. The maximum atomic E-state index is 12.5. The van der Waals surface area contributed by atoms with Crippen molar-refractivity contribution < 1.29 is 4.79 Å². The highest BCUT2D eigenvalue weighted by Crippen LogP contribution is 2.21. The van der Waals surface area contributed by atoms with Crippen LogP contribution in [0.5, 0.6) is 0 Å². The number of benzene rings is 2. The Balaban J connectivity index is 1.42. The number of rotatable bonds is 5. The first-order valence-electron chi connectivity index (χ1n) is 8.69. The highest BCUT2D eigenvalue weighted by molar-refractivity contribution is 9.10. The van der Waals surface area contributed by atoms with Crippen molar-refractivity contribution in [3.05, 3.63) is 71.0 Å². The number of aromatic amines is 1. The molecule has 0 saturated carbocycles. The van der Waals surface area contributed by atoms with Gasteiger partial charge in [0, 0.05) is 44.7 Å². The zero-order chi connectivity index (χ0) is 18.1. The third-order valence-electron chi connectivity index (χ3n) is 4.66. The Morgan fingerprint density at radius 2 is 2.08 bits per heavy atom. The number of nitrogens with zero attached hydrogens (tertiary/aromatic N) is 1. The molecule has 0 aliphatic carbocycles. The maximum absolute atomic E-state index is 12.5. The molecule has 0 aliphatic rings. The molecule has 0 aliphatic heterocycles. The fourth-order valence-electron chi connectivity index (χ4n) is 3.47. The number of halogens is 1. The number of amides is 1. The van der Waals surface area contributed by atoms with Crippen LogP contribution in [0.2, 0.25) is 0 Å². The SMILES string of the molecule is C[C@@H](Cc1c[nH]c2ccccc12)NC(=O)Cn1ccc2cc(Br)ccc21. The molecule has 0 unspecified atom stereocenters. The molecule has 26 heavy (non-hydrogen) atoms. The number of aromatic nitrogens is 2. The summed E-state index contributed by atoms with van der Waals surface area (Å²) in [6, 6.07) is 16.4. The van der Waals surface area contributed by atoms with E-state index in [1.54, 1.807) is 0 Å². The van der Waals surface area contributed by atoms with E-state index < -0.39 is 0 Å². The van der Waals surface area contributed by atoms with E-state index in [1.807, 2.05) is 54.2 Å². The Bertz CT molecular complexity index is 1080. The van der Waals surface area contributed by atoms with Crippen molar-refractivity contribution >= 4 is 43.6 Å². The molecule has 132 valence electrons. The summed E-state index contributed by atoms with van der Waals surface area (Å²) in [6.07, 6.45) is 4.79. The van der Waals surface area contributed by atoms with E-state index in [0.29, 0.717) is 6.54 Å². The van der Waals surface area contributed by atoms with Crippen LogP contribution in [0.3, 0.4) is 0 Å². The van der Waals surface area contributed by atoms with Crippen molar-refractivity contribution in [2.75, 3.05) is 0 Å². The van der Waals surface area contributed by atoms with Gasteiger partial charge >= 0.3 is 0 Å². The van der Waals surface area contributed by atoms with Gasteiger partial charge in [0.25, 0.3) is 0 Å². The van der Waals surface area contributed by atoms with Crippen LogP contribution >= 0.6 is 15.9 Å². The fraction of sp³-hybridized carbons (Fsp3) is 0.190. The normalized spacial score (nSPS) is 12.5. The topological polar surface area (TPSA) is 49.8 Å². The molecule has 1 atom stereocenters. The first kappa shape index (κ1) is 16.9. The van der Waals surface area contributed by atoms with Crippen molar-refractivity contribution in [2.45, 2.75) is 25.9 Å². The van der Waals surface area contributed by atoms with Crippen molar-refractivity contribution in [1.82, 2.24) is 14.9 Å². The van der Waals surface area contributed by atoms with Crippen LogP contribution in [0.15, 0.2) is 65.4 Å². The van der Waals surface area contributed by atoms with Crippen molar-refractivity contribution in [2.24, 2.45) is 0 Å². The van der Waals surface area contributed by atoms with E-state index in [2.05, 4.69) is 44.4 Å². The van der Waals surface area contributed by atoms with Gasteiger partial charge in [0.15, 0.2) is 0 Å². The average Bonchev–Trinajstić information content (AvgIpc) is 3.19. The lowest BCUT2D eigenvalue weighted by atomic mass is 10.1. The second kappa shape index (κ2) is 7.00. The Morgan fingerprint density at radius 3 is 2.96 bits per heavy atom. The summed E-state index contributed by atoms with van der Waals surface area (Å²) >= 11 is 3.48. The van der Waals surface area contributed by atoms with Gasteiger partial charge in [-0.1, -0.05) is 34.1 Å². The summed E-state index contributed by atoms with van der Waals surface area (Å²) < 4.78 is 3.02. The van der Waals surface area contributed by atoms with Gasteiger partial charge < -0.3 is 14.9 Å². The van der Waals surface area contributed by atoms with Crippen LogP contribution in [0.25, 0.3) is 21.8 Å². The third-order valence-corrected chi connectivity index (χ3v) is 5.15. The van der Waals surface area contributed by atoms with Crippen molar-refractivity contribution in [3.63, 3.8) is 0 Å². The third kappa shape index (κ3) is 3.40. The summed E-state index contributed by atoms with van der Waals surface area (Å²) in [6.45, 7) is 2.37. The maximum Gasteiger partial charge on any atom is 0.240 e. The monoisotopic (exact) mass is 409 g/mol. The van der Waals surface area contributed by atoms with E-state index >= 15 is 0 Å². The number of hydrogen-bond donors (Lipinski definition) is 2. The van der Waals surface area contributed by atoms with Crippen LogP contribution in [0, 0.1) is 0 Å². The Labute approximate surface area is 160 Å². The molecule has 0 saturated heterocycles. The van der Waals surface area contributed by atoms with Gasteiger partial charge in [0.05, 0.1) is 0 Å². The quantitative estimate of drug-likeness (QED) is 0.495. The predicted octanol–water partition coefficient (Wildman–Crippen LogP) is 4.63. The van der Waals surface area contributed by atoms with Gasteiger partial charge in [-0.3, -0.25) is 4.79 Å². The van der Waals surface area contributed by atoms with Gasteiger partial charge in [-0.2, -0.15) is 0 Å². The molecule has 1 amide bonds. The minimum Gasteiger partial charge on any atom is -0.361 e. The van der Waals surface area contributed by atoms with Crippen LogP contribution in [-0.2, 0) is 17.8 Å². The zero-order valence-corrected chi connectivity index (χ0v) is 16.1. The Hall–Kier alpha value is -2.53. The highest BCUT2D eigenvalue weighted by Gasteiger charge is 2.12. The minimum absolute atomic E-state index is 0.0257. The number of hydrogen-bond acceptors (Lipinski definition) is 1. The molecule has 0 radical (unpaired) electrons. The molecule has 4 rings (SSSR count). The second-order valence-corrected chi connectivity index (χ2v) is 7.59. The standard InChI is InChI=1S/C21H20BrN3O/c1-14(10-16-12-23-19-5-3-2-4-18(16)19)24-21(26)13-25-9-8-15-11-17(22)6-7-20(15)25/h2-9,11-12,14,23H,10,13H2,1H3,(H,24,26)/t14-/m0/s1. The van der Waals surface area contributed by atoms with E-state index in [9.17, 15) is 4.79 Å². The minimum atomic E-state index is 0.0257. The largest absolute Gasteiger partial charge is 0.361 e. The molecule has 4 nitrogen and oxygen atoms in total. The van der Waals surface area contributed by atoms with E-state index in [-0.39, 0.29) is 11.9 Å². The first-order valence-corrected chi connectivity index (χ1v) is 9.48. The molecule has 2 heterocycles. The molecular weight excluding hydrogens is 390 g/mol. The van der Waals surface area contributed by atoms with Gasteiger partial charge in [-0.15, -0.1) is 0 Å². The van der Waals surface area contributed by atoms with E-state index in [1.165, 1.54) is 10.9 Å². The Morgan fingerprint density at radius 1 is 1.23 bits per heavy atom. The van der Waals surface area contributed by atoms with Crippen LogP contribution < -0.4 is 5.32 Å². The number of para-hydroxylation sites is 1. The molecule has 0 spiro atoms. The van der Waals surface area contributed by atoms with Crippen molar-refractivity contribution in [3.8, 4) is 0 Å². The molecule has 2 aromatic heterocycles. The second-order valence-electron chi connectivity index (χ2n) is 6.68. The first-order chi connectivity index (χ1) is 12.6. The molecule has 0 bridgehead atoms. The van der Waals surface area contributed by atoms with Gasteiger partial charge in [-0.05, 0) is 49.2 Å². The van der Waals surface area contributed by atoms with Gasteiger partial charge in [0.1, 0.15) is 6.54 Å². The average molecular weight is 410 g/mol. The Kier molecular flexibility index (Phi) is 4.55. The lowest BCUT2D eigenvalue weighted by Crippen LogP contribution is -2.36. The van der Waals surface area contributed by atoms with Crippen LogP contribution in [0.1, 0.15) is 12.5 Å². The molecule has 0 fully saturated rings. The number of carbonyl (C=O) groups is 1. The number of H-pyrrole nitrogens is 1. The molecule has 2 N–H and O–H groups in total. The number of carbonyl (C=O) groups excluding carboxylic acids is 1. The van der Waals surface area contributed by atoms with Crippen molar-refractivity contribution in [1.29, 1.82) is 0 Å². The van der Waals surface area contributed by atoms with Crippen LogP contribution in [0.4, 0.5) is 0 Å². The molecule has 2 aromatic carbocycles. The highest BCUT2D eigenvalue weighted by atomic mass is 79.9. The summed E-state index contributed by atoms with van der Waals surface area (Å²) in [7, 11) is 0. The van der Waals surface area contributed by atoms with Gasteiger partial charge in [0.2, 0.25) is 5.91 Å². The van der Waals surface area contributed by atoms with Crippen LogP contribution in [-0.4, -0.2) is 21.5 Å². The summed E-state index contributed by atoms with van der Waals surface area (Å²) in [4.78, 5) is 15.8. The molecule has 5 heteroatoms. The number of nitrogens with one attached hydrogen (secondary N) is 2. The lowest BCUT2D eigenvalue weighted by molar-refractivity contribution is -0.122. The van der Waals surface area contributed by atoms with E-state index in [0.717, 1.165) is 27.3 Å². The zero-order valence-electron chi connectivity index (χ0n) is 14.5.